The number of aryl methyl sites for hydroxylation is 1. The number of ether oxygens (including phenoxy) is 1. The summed E-state index contributed by atoms with van der Waals surface area (Å²) in [6.07, 6.45) is 1.40. The molecule has 1 rings (SSSR count). The van der Waals surface area contributed by atoms with E-state index < -0.39 is 11.0 Å². The number of aliphatic hydroxyl groups is 1. The monoisotopic (exact) mass is 278 g/mol. The first-order valence-corrected chi connectivity index (χ1v) is 7.32. The fourth-order valence-corrected chi connectivity index (χ4v) is 2.50. The summed E-state index contributed by atoms with van der Waals surface area (Å²) in [6.45, 7) is 9.54. The Morgan fingerprint density at radius 3 is 2.10 bits per heavy atom. The third kappa shape index (κ3) is 2.88. The maximum Gasteiger partial charge on any atom is 0.314 e. The van der Waals surface area contributed by atoms with Gasteiger partial charge in [-0.2, -0.15) is 0 Å². The third-order valence-corrected chi connectivity index (χ3v) is 4.17. The van der Waals surface area contributed by atoms with Crippen LogP contribution in [0.15, 0.2) is 24.3 Å². The summed E-state index contributed by atoms with van der Waals surface area (Å²) in [5, 5.41) is 11.1. The van der Waals surface area contributed by atoms with Crippen LogP contribution in [0.5, 0.6) is 0 Å². The van der Waals surface area contributed by atoms with E-state index in [-0.39, 0.29) is 5.97 Å². The first-order chi connectivity index (χ1) is 9.33. The Morgan fingerprint density at radius 1 is 1.15 bits per heavy atom. The number of carbonyl (C=O) groups is 1. The highest BCUT2D eigenvalue weighted by Crippen LogP contribution is 2.43. The number of esters is 1. The van der Waals surface area contributed by atoms with Crippen molar-refractivity contribution >= 4 is 5.97 Å². The van der Waals surface area contributed by atoms with Gasteiger partial charge in [0.15, 0.2) is 0 Å². The van der Waals surface area contributed by atoms with Gasteiger partial charge in [0, 0.05) is 0 Å². The molecule has 0 aromatic heterocycles. The third-order valence-electron chi connectivity index (χ3n) is 4.17. The molecule has 1 unspecified atom stereocenters. The average molecular weight is 278 g/mol. The molecule has 0 fully saturated rings. The maximum absolute atomic E-state index is 12.2. The summed E-state index contributed by atoms with van der Waals surface area (Å²) in [4.78, 5) is 12.2. The zero-order valence-corrected chi connectivity index (χ0v) is 13.2. The Balaban J connectivity index is 3.20. The Hall–Kier alpha value is -1.35. The fourth-order valence-electron chi connectivity index (χ4n) is 2.50. The second-order valence-corrected chi connectivity index (χ2v) is 5.61. The Labute approximate surface area is 122 Å². The first-order valence-electron chi connectivity index (χ1n) is 7.32. The normalized spacial score (nSPS) is 14.7. The van der Waals surface area contributed by atoms with Crippen molar-refractivity contribution < 1.29 is 14.6 Å². The SMILES string of the molecule is CCOC(=O)C(C)(C)C(O)(CC)c1ccc(CC)cc1. The van der Waals surface area contributed by atoms with E-state index >= 15 is 0 Å². The first kappa shape index (κ1) is 16.7. The number of carbonyl (C=O) groups excluding carboxylic acids is 1. The maximum atomic E-state index is 12.2. The lowest BCUT2D eigenvalue weighted by atomic mass is 9.69. The van der Waals surface area contributed by atoms with Crippen molar-refractivity contribution in [2.45, 2.75) is 53.1 Å². The van der Waals surface area contributed by atoms with Crippen molar-refractivity contribution in [1.29, 1.82) is 0 Å². The van der Waals surface area contributed by atoms with Crippen LogP contribution < -0.4 is 0 Å². The van der Waals surface area contributed by atoms with Crippen molar-refractivity contribution in [1.82, 2.24) is 0 Å². The van der Waals surface area contributed by atoms with Crippen LogP contribution in [0.4, 0.5) is 0 Å². The standard InChI is InChI=1S/C17H26O3/c1-6-13-9-11-14(12-10-13)17(19,7-2)16(4,5)15(18)20-8-3/h9-12,19H,6-8H2,1-5H3. The van der Waals surface area contributed by atoms with Gasteiger partial charge >= 0.3 is 5.97 Å². The van der Waals surface area contributed by atoms with Crippen LogP contribution in [0, 0.1) is 5.41 Å². The number of rotatable bonds is 6. The molecule has 0 saturated carbocycles. The molecule has 3 nitrogen and oxygen atoms in total. The minimum absolute atomic E-state index is 0.316. The molecule has 0 spiro atoms. The van der Waals surface area contributed by atoms with E-state index in [0.29, 0.717) is 13.0 Å². The minimum atomic E-state index is -1.23. The second kappa shape index (κ2) is 6.40. The van der Waals surface area contributed by atoms with Crippen LogP contribution in [0.25, 0.3) is 0 Å². The molecular weight excluding hydrogens is 252 g/mol. The van der Waals surface area contributed by atoms with Gasteiger partial charge in [-0.3, -0.25) is 4.79 Å². The molecule has 20 heavy (non-hydrogen) atoms. The molecule has 1 aromatic rings. The van der Waals surface area contributed by atoms with Gasteiger partial charge in [0.1, 0.15) is 5.60 Å². The molecule has 0 aliphatic heterocycles. The van der Waals surface area contributed by atoms with Crippen LogP contribution in [0.3, 0.4) is 0 Å². The summed E-state index contributed by atoms with van der Waals surface area (Å²) >= 11 is 0. The highest BCUT2D eigenvalue weighted by Gasteiger charge is 2.49. The summed E-state index contributed by atoms with van der Waals surface area (Å²) in [5.74, 6) is -0.371. The lowest BCUT2D eigenvalue weighted by Gasteiger charge is -2.40. The molecule has 1 N–H and O–H groups in total. The minimum Gasteiger partial charge on any atom is -0.465 e. The smallest absolute Gasteiger partial charge is 0.314 e. The van der Waals surface area contributed by atoms with E-state index in [9.17, 15) is 9.90 Å². The van der Waals surface area contributed by atoms with Crippen molar-refractivity contribution in [2.75, 3.05) is 6.61 Å². The van der Waals surface area contributed by atoms with E-state index in [2.05, 4.69) is 6.92 Å². The largest absolute Gasteiger partial charge is 0.465 e. The zero-order chi connectivity index (χ0) is 15.4. The number of benzene rings is 1. The highest BCUT2D eigenvalue weighted by molar-refractivity contribution is 5.78. The van der Waals surface area contributed by atoms with E-state index in [1.54, 1.807) is 20.8 Å². The lowest BCUT2D eigenvalue weighted by Crippen LogP contribution is -2.47. The summed E-state index contributed by atoms with van der Waals surface area (Å²) < 4.78 is 5.12. The molecule has 3 heteroatoms. The predicted octanol–water partition coefficient (Wildman–Crippen LogP) is 3.44. The molecule has 0 heterocycles. The summed E-state index contributed by atoms with van der Waals surface area (Å²) in [5.41, 5.74) is -0.256. The van der Waals surface area contributed by atoms with Crippen LogP contribution in [0.2, 0.25) is 0 Å². The van der Waals surface area contributed by atoms with E-state index in [1.807, 2.05) is 31.2 Å². The van der Waals surface area contributed by atoms with E-state index in [4.69, 9.17) is 4.74 Å². The van der Waals surface area contributed by atoms with Crippen molar-refractivity contribution in [2.24, 2.45) is 5.41 Å². The van der Waals surface area contributed by atoms with Crippen molar-refractivity contribution in [3.63, 3.8) is 0 Å². The fraction of sp³-hybridized carbons (Fsp3) is 0.588. The van der Waals surface area contributed by atoms with Gasteiger partial charge in [-0.1, -0.05) is 38.1 Å². The van der Waals surface area contributed by atoms with Gasteiger partial charge in [-0.25, -0.2) is 0 Å². The Kier molecular flexibility index (Phi) is 5.35. The quantitative estimate of drug-likeness (QED) is 0.811. The van der Waals surface area contributed by atoms with Crippen LogP contribution in [-0.4, -0.2) is 17.7 Å². The summed E-state index contributed by atoms with van der Waals surface area (Å²) in [7, 11) is 0. The molecule has 0 aliphatic carbocycles. The van der Waals surface area contributed by atoms with E-state index in [1.165, 1.54) is 5.56 Å². The Bertz CT molecular complexity index is 448. The summed E-state index contributed by atoms with van der Waals surface area (Å²) in [6, 6.07) is 7.81. The molecule has 112 valence electrons. The van der Waals surface area contributed by atoms with Gasteiger partial charge in [0.05, 0.1) is 12.0 Å². The molecule has 0 saturated heterocycles. The van der Waals surface area contributed by atoms with Crippen LogP contribution >= 0.6 is 0 Å². The van der Waals surface area contributed by atoms with Gasteiger partial charge in [-0.15, -0.1) is 0 Å². The molecule has 0 aliphatic rings. The highest BCUT2D eigenvalue weighted by atomic mass is 16.5. The average Bonchev–Trinajstić information content (AvgIpc) is 2.46. The van der Waals surface area contributed by atoms with Gasteiger partial charge in [-0.05, 0) is 44.7 Å². The van der Waals surface area contributed by atoms with Crippen molar-refractivity contribution in [3.05, 3.63) is 35.4 Å². The lowest BCUT2D eigenvalue weighted by molar-refractivity contribution is -0.173. The molecule has 0 bridgehead atoms. The van der Waals surface area contributed by atoms with Crippen LogP contribution in [0.1, 0.15) is 52.2 Å². The van der Waals surface area contributed by atoms with Gasteiger partial charge < -0.3 is 9.84 Å². The molecule has 1 aromatic carbocycles. The molecule has 0 amide bonds. The predicted molar refractivity (Wildman–Crippen MR) is 80.4 cm³/mol. The zero-order valence-electron chi connectivity index (χ0n) is 13.2. The van der Waals surface area contributed by atoms with Gasteiger partial charge in [0.25, 0.3) is 0 Å². The topological polar surface area (TPSA) is 46.5 Å². The molecular formula is C17H26O3. The Morgan fingerprint density at radius 2 is 1.70 bits per heavy atom. The number of hydrogen-bond donors (Lipinski definition) is 1. The van der Waals surface area contributed by atoms with Crippen molar-refractivity contribution in [3.8, 4) is 0 Å². The molecule has 1 atom stereocenters. The number of hydrogen-bond acceptors (Lipinski definition) is 3. The second-order valence-electron chi connectivity index (χ2n) is 5.61. The van der Waals surface area contributed by atoms with E-state index in [0.717, 1.165) is 12.0 Å². The van der Waals surface area contributed by atoms with Crippen LogP contribution in [-0.2, 0) is 21.6 Å². The molecule has 0 radical (unpaired) electrons. The van der Waals surface area contributed by atoms with Gasteiger partial charge in [0.2, 0.25) is 0 Å².